The van der Waals surface area contributed by atoms with Gasteiger partial charge >= 0.3 is 6.03 Å². The number of fused-ring (bicyclic) bond motifs is 3. The molecule has 0 radical (unpaired) electrons. The first-order valence-electron chi connectivity index (χ1n) is 8.80. The molecule has 2 aliphatic heterocycles. The summed E-state index contributed by atoms with van der Waals surface area (Å²) in [5.41, 5.74) is 2.54. The quantitative estimate of drug-likeness (QED) is 0.882. The van der Waals surface area contributed by atoms with E-state index in [0.29, 0.717) is 25.5 Å². The van der Waals surface area contributed by atoms with E-state index in [-0.39, 0.29) is 18.5 Å². The molecule has 0 unspecified atom stereocenters. The number of methoxy groups -OCH3 is 1. The molecule has 0 aromatic heterocycles. The average Bonchev–Trinajstić information content (AvgIpc) is 3.20. The summed E-state index contributed by atoms with van der Waals surface area (Å²) in [6.07, 6.45) is 0. The molecule has 4 rings (SSSR count). The molecule has 2 aromatic carbocycles. The molecule has 2 heterocycles. The van der Waals surface area contributed by atoms with Gasteiger partial charge in [0.1, 0.15) is 18.1 Å². The van der Waals surface area contributed by atoms with Gasteiger partial charge in [-0.25, -0.2) is 4.79 Å². The molecule has 7 heteroatoms. The SMILES string of the molecule is COc1cccc(CNC(=O)CN2C(=O)N3CCN=C3c3ccccc32)c1. The van der Waals surface area contributed by atoms with Crippen molar-refractivity contribution in [3.05, 3.63) is 59.7 Å². The summed E-state index contributed by atoms with van der Waals surface area (Å²) in [6.45, 7) is 1.47. The van der Waals surface area contributed by atoms with E-state index in [4.69, 9.17) is 4.74 Å². The fraction of sp³-hybridized carbons (Fsp3) is 0.250. The fourth-order valence-electron chi connectivity index (χ4n) is 3.35. The number of hydrogen-bond acceptors (Lipinski definition) is 4. The Morgan fingerprint density at radius 3 is 2.93 bits per heavy atom. The Kier molecular flexibility index (Phi) is 4.50. The van der Waals surface area contributed by atoms with Crippen molar-refractivity contribution in [1.82, 2.24) is 10.2 Å². The van der Waals surface area contributed by atoms with Crippen molar-refractivity contribution < 1.29 is 14.3 Å². The summed E-state index contributed by atoms with van der Waals surface area (Å²) in [7, 11) is 1.60. The molecular weight excluding hydrogens is 344 g/mol. The largest absolute Gasteiger partial charge is 0.497 e. The number of urea groups is 1. The fourth-order valence-corrected chi connectivity index (χ4v) is 3.35. The van der Waals surface area contributed by atoms with Gasteiger partial charge in [0.15, 0.2) is 0 Å². The van der Waals surface area contributed by atoms with E-state index >= 15 is 0 Å². The number of nitrogens with zero attached hydrogens (tertiary/aromatic N) is 3. The van der Waals surface area contributed by atoms with Crippen LogP contribution in [0.2, 0.25) is 0 Å². The third-order valence-electron chi connectivity index (χ3n) is 4.66. The number of nitrogens with one attached hydrogen (secondary N) is 1. The van der Waals surface area contributed by atoms with E-state index in [9.17, 15) is 9.59 Å². The molecule has 0 spiro atoms. The first-order chi connectivity index (χ1) is 13.2. The zero-order valence-corrected chi connectivity index (χ0v) is 15.0. The maximum absolute atomic E-state index is 12.8. The van der Waals surface area contributed by atoms with Gasteiger partial charge in [0.2, 0.25) is 5.91 Å². The lowest BCUT2D eigenvalue weighted by atomic mass is 10.1. The van der Waals surface area contributed by atoms with Crippen molar-refractivity contribution in [1.29, 1.82) is 0 Å². The van der Waals surface area contributed by atoms with Gasteiger partial charge < -0.3 is 10.1 Å². The number of anilines is 1. The molecule has 3 amide bonds. The smallest absolute Gasteiger partial charge is 0.330 e. The van der Waals surface area contributed by atoms with Crippen LogP contribution in [0.15, 0.2) is 53.5 Å². The van der Waals surface area contributed by atoms with Crippen LogP contribution >= 0.6 is 0 Å². The standard InChI is InChI=1S/C20H20N4O3/c1-27-15-6-4-5-14(11-15)12-22-18(25)13-24-17-8-3-2-7-16(17)19-21-9-10-23(19)20(24)26/h2-8,11H,9-10,12-13H2,1H3,(H,22,25). The molecule has 0 fully saturated rings. The maximum Gasteiger partial charge on any atom is 0.330 e. The number of carbonyl (C=O) groups excluding carboxylic acids is 2. The van der Waals surface area contributed by atoms with Crippen molar-refractivity contribution >= 4 is 23.5 Å². The predicted molar refractivity (Wildman–Crippen MR) is 102 cm³/mol. The second kappa shape index (κ2) is 7.11. The second-order valence-electron chi connectivity index (χ2n) is 6.37. The van der Waals surface area contributed by atoms with Gasteiger partial charge in [-0.1, -0.05) is 24.3 Å². The Balaban J connectivity index is 1.48. The van der Waals surface area contributed by atoms with E-state index < -0.39 is 0 Å². The minimum atomic E-state index is -0.222. The van der Waals surface area contributed by atoms with E-state index in [1.54, 1.807) is 12.0 Å². The van der Waals surface area contributed by atoms with Gasteiger partial charge in [-0.05, 0) is 29.8 Å². The second-order valence-corrected chi connectivity index (χ2v) is 6.37. The molecule has 27 heavy (non-hydrogen) atoms. The summed E-state index contributed by atoms with van der Waals surface area (Å²) >= 11 is 0. The van der Waals surface area contributed by atoms with Crippen LogP contribution in [0.5, 0.6) is 5.75 Å². The molecule has 7 nitrogen and oxygen atoms in total. The van der Waals surface area contributed by atoms with Crippen molar-refractivity contribution in [2.45, 2.75) is 6.54 Å². The summed E-state index contributed by atoms with van der Waals surface area (Å²) in [5, 5.41) is 2.87. The minimum absolute atomic E-state index is 0.0381. The third kappa shape index (κ3) is 3.23. The molecule has 0 bridgehead atoms. The van der Waals surface area contributed by atoms with Crippen molar-refractivity contribution in [3.8, 4) is 5.75 Å². The van der Waals surface area contributed by atoms with E-state index in [2.05, 4.69) is 10.3 Å². The van der Waals surface area contributed by atoms with Crippen molar-refractivity contribution in [3.63, 3.8) is 0 Å². The molecule has 0 aliphatic carbocycles. The number of hydrogen-bond donors (Lipinski definition) is 1. The predicted octanol–water partition coefficient (Wildman–Crippen LogP) is 2.01. The van der Waals surface area contributed by atoms with E-state index in [0.717, 1.165) is 22.6 Å². The number of carbonyl (C=O) groups is 2. The van der Waals surface area contributed by atoms with Crippen molar-refractivity contribution in [2.24, 2.45) is 4.99 Å². The number of aliphatic imine (C=N–C) groups is 1. The van der Waals surface area contributed by atoms with Gasteiger partial charge in [-0.15, -0.1) is 0 Å². The molecule has 0 atom stereocenters. The first-order valence-corrected chi connectivity index (χ1v) is 8.80. The summed E-state index contributed by atoms with van der Waals surface area (Å²) in [6, 6.07) is 14.9. The van der Waals surface area contributed by atoms with E-state index in [1.165, 1.54) is 4.90 Å². The lowest BCUT2D eigenvalue weighted by molar-refractivity contribution is -0.119. The highest BCUT2D eigenvalue weighted by molar-refractivity contribution is 6.20. The zero-order valence-electron chi connectivity index (χ0n) is 15.0. The van der Waals surface area contributed by atoms with Crippen LogP contribution in [0.1, 0.15) is 11.1 Å². The number of ether oxygens (including phenoxy) is 1. The normalized spacial score (nSPS) is 15.1. The van der Waals surface area contributed by atoms with Crippen LogP contribution in [0.25, 0.3) is 0 Å². The molecule has 0 saturated heterocycles. The highest BCUT2D eigenvalue weighted by atomic mass is 16.5. The summed E-state index contributed by atoms with van der Waals surface area (Å²) in [4.78, 5) is 32.9. The number of rotatable bonds is 5. The Labute approximate surface area is 157 Å². The highest BCUT2D eigenvalue weighted by Crippen LogP contribution is 2.30. The first kappa shape index (κ1) is 17.1. The number of para-hydroxylation sites is 1. The van der Waals surface area contributed by atoms with Crippen LogP contribution < -0.4 is 15.0 Å². The van der Waals surface area contributed by atoms with E-state index in [1.807, 2.05) is 48.5 Å². The third-order valence-corrected chi connectivity index (χ3v) is 4.66. The monoisotopic (exact) mass is 364 g/mol. The Morgan fingerprint density at radius 1 is 1.22 bits per heavy atom. The Bertz CT molecular complexity index is 925. The Hall–Kier alpha value is -3.35. The molecule has 138 valence electrons. The van der Waals surface area contributed by atoms with Gasteiger partial charge in [0.05, 0.1) is 19.3 Å². The Morgan fingerprint density at radius 2 is 2.07 bits per heavy atom. The van der Waals surface area contributed by atoms with Gasteiger partial charge in [-0.3, -0.25) is 19.6 Å². The molecular formula is C20H20N4O3. The summed E-state index contributed by atoms with van der Waals surface area (Å²) in [5.74, 6) is 1.21. The number of amides is 3. The zero-order chi connectivity index (χ0) is 18.8. The molecule has 2 aliphatic rings. The van der Waals surface area contributed by atoms with Crippen LogP contribution in [0, 0.1) is 0 Å². The number of amidine groups is 1. The van der Waals surface area contributed by atoms with Crippen LogP contribution in [-0.2, 0) is 11.3 Å². The van der Waals surface area contributed by atoms with Crippen molar-refractivity contribution in [2.75, 3.05) is 31.6 Å². The lowest BCUT2D eigenvalue weighted by Gasteiger charge is -2.34. The minimum Gasteiger partial charge on any atom is -0.497 e. The van der Waals surface area contributed by atoms with Crippen LogP contribution in [0.3, 0.4) is 0 Å². The topological polar surface area (TPSA) is 74.2 Å². The average molecular weight is 364 g/mol. The highest BCUT2D eigenvalue weighted by Gasteiger charge is 2.37. The van der Waals surface area contributed by atoms with Crippen LogP contribution in [-0.4, -0.2) is 49.4 Å². The molecule has 1 N–H and O–H groups in total. The lowest BCUT2D eigenvalue weighted by Crippen LogP contribution is -2.52. The maximum atomic E-state index is 12.8. The molecule has 2 aromatic rings. The summed E-state index contributed by atoms with van der Waals surface area (Å²) < 4.78 is 5.19. The van der Waals surface area contributed by atoms with Gasteiger partial charge in [-0.2, -0.15) is 0 Å². The van der Waals surface area contributed by atoms with Gasteiger partial charge in [0.25, 0.3) is 0 Å². The van der Waals surface area contributed by atoms with Crippen LogP contribution in [0.4, 0.5) is 10.5 Å². The number of benzene rings is 2. The molecule has 0 saturated carbocycles. The van der Waals surface area contributed by atoms with Gasteiger partial charge in [0, 0.05) is 18.7 Å².